The predicted octanol–water partition coefficient (Wildman–Crippen LogP) is 9.45. The zero-order valence-electron chi connectivity index (χ0n) is 22.8. The van der Waals surface area contributed by atoms with Crippen molar-refractivity contribution < 1.29 is 4.74 Å². The van der Waals surface area contributed by atoms with E-state index in [9.17, 15) is 0 Å². The first kappa shape index (κ1) is 24.3. The Hall–Kier alpha value is -5.54. The Morgan fingerprint density at radius 2 is 1.19 bits per heavy atom. The maximum atomic E-state index is 6.56. The number of fused-ring (bicyclic) bond motifs is 4. The van der Waals surface area contributed by atoms with Gasteiger partial charge >= 0.3 is 0 Å². The largest absolute Gasteiger partial charge is 0.457 e. The molecule has 0 saturated carbocycles. The second-order valence-corrected chi connectivity index (χ2v) is 10.6. The Balaban J connectivity index is 1.25. The van der Waals surface area contributed by atoms with Crippen molar-refractivity contribution in [3.63, 3.8) is 0 Å². The molecule has 7 aromatic rings. The minimum Gasteiger partial charge on any atom is -0.457 e. The van der Waals surface area contributed by atoms with E-state index in [2.05, 4.69) is 115 Å². The molecule has 8 rings (SSSR count). The number of hydrogen-bond acceptors (Lipinski definition) is 3. The monoisotopic (exact) mass is 538 g/mol. The van der Waals surface area contributed by atoms with Gasteiger partial charge in [0.05, 0.1) is 16.8 Å². The molecule has 5 aromatic carbocycles. The summed E-state index contributed by atoms with van der Waals surface area (Å²) in [6, 6.07) is 50.5. The lowest BCUT2D eigenvalue weighted by Crippen LogP contribution is -2.29. The molecule has 0 atom stereocenters. The summed E-state index contributed by atoms with van der Waals surface area (Å²) in [5.74, 6) is 1.53. The molecule has 0 amide bonds. The van der Waals surface area contributed by atoms with Gasteiger partial charge in [0.2, 0.25) is 0 Å². The Kier molecular flexibility index (Phi) is 5.68. The number of aromatic nitrogens is 2. The maximum Gasteiger partial charge on any atom is 0.128 e. The summed E-state index contributed by atoms with van der Waals surface area (Å²) < 4.78 is 6.56. The summed E-state index contributed by atoms with van der Waals surface area (Å²) in [5, 5.41) is 2.29. The van der Waals surface area contributed by atoms with Gasteiger partial charge in [-0.15, -0.1) is 0 Å². The minimum absolute atomic E-state index is 0.567. The van der Waals surface area contributed by atoms with Crippen LogP contribution >= 0.6 is 0 Å². The van der Waals surface area contributed by atoms with Crippen LogP contribution in [0.2, 0.25) is 0 Å². The predicted molar refractivity (Wildman–Crippen MR) is 169 cm³/mol. The number of benzene rings is 5. The third-order valence-electron chi connectivity index (χ3n) is 8.29. The number of ether oxygens (including phenoxy) is 1. The van der Waals surface area contributed by atoms with Crippen LogP contribution in [-0.4, -0.2) is 9.97 Å². The van der Waals surface area contributed by atoms with E-state index in [-0.39, 0.29) is 0 Å². The second-order valence-electron chi connectivity index (χ2n) is 10.6. The van der Waals surface area contributed by atoms with Crippen molar-refractivity contribution in [2.45, 2.75) is 5.41 Å². The normalized spacial score (nSPS) is 13.0. The third kappa shape index (κ3) is 3.75. The average Bonchev–Trinajstić information content (AvgIpc) is 3.36. The van der Waals surface area contributed by atoms with Gasteiger partial charge in [-0.1, -0.05) is 103 Å². The number of nitrogens with zero attached hydrogens (tertiary/aromatic N) is 2. The molecule has 1 aliphatic rings. The molecule has 1 aliphatic carbocycles. The molecule has 0 radical (unpaired) electrons. The van der Waals surface area contributed by atoms with Crippen LogP contribution in [0.5, 0.6) is 11.5 Å². The Morgan fingerprint density at radius 3 is 1.98 bits per heavy atom. The van der Waals surface area contributed by atoms with Gasteiger partial charge in [-0.2, -0.15) is 0 Å². The molecule has 0 aliphatic heterocycles. The quantitative estimate of drug-likeness (QED) is 0.219. The average molecular weight is 539 g/mol. The fourth-order valence-electron chi connectivity index (χ4n) is 6.54. The van der Waals surface area contributed by atoms with Gasteiger partial charge < -0.3 is 4.74 Å². The molecule has 198 valence electrons. The number of pyridine rings is 2. The van der Waals surface area contributed by atoms with Crippen LogP contribution in [0.3, 0.4) is 0 Å². The van der Waals surface area contributed by atoms with Crippen LogP contribution < -0.4 is 4.74 Å². The summed E-state index contributed by atoms with van der Waals surface area (Å²) in [5.41, 5.74) is 8.43. The van der Waals surface area contributed by atoms with E-state index in [1.807, 2.05) is 42.7 Å². The van der Waals surface area contributed by atoms with Crippen molar-refractivity contribution >= 4 is 10.8 Å². The van der Waals surface area contributed by atoms with Gasteiger partial charge in [0, 0.05) is 23.3 Å². The van der Waals surface area contributed by atoms with E-state index in [1.165, 1.54) is 27.6 Å². The van der Waals surface area contributed by atoms with Gasteiger partial charge in [0.15, 0.2) is 0 Å². The summed E-state index contributed by atoms with van der Waals surface area (Å²) in [7, 11) is 0. The van der Waals surface area contributed by atoms with Gasteiger partial charge in [0.25, 0.3) is 0 Å². The lowest BCUT2D eigenvalue weighted by molar-refractivity contribution is 0.481. The molecular formula is C39H26N2O. The first-order chi connectivity index (χ1) is 20.8. The highest BCUT2D eigenvalue weighted by molar-refractivity contribution is 5.94. The number of hydrogen-bond donors (Lipinski definition) is 0. The third-order valence-corrected chi connectivity index (χ3v) is 8.29. The van der Waals surface area contributed by atoms with Gasteiger partial charge in [0.1, 0.15) is 11.5 Å². The van der Waals surface area contributed by atoms with Crippen molar-refractivity contribution in [2.24, 2.45) is 0 Å². The van der Waals surface area contributed by atoms with Crippen molar-refractivity contribution in [3.8, 4) is 33.9 Å². The van der Waals surface area contributed by atoms with E-state index in [4.69, 9.17) is 14.7 Å². The van der Waals surface area contributed by atoms with Crippen molar-refractivity contribution in [2.75, 3.05) is 0 Å². The molecule has 3 heteroatoms. The highest BCUT2D eigenvalue weighted by atomic mass is 16.5. The summed E-state index contributed by atoms with van der Waals surface area (Å²) in [6.45, 7) is 0. The van der Waals surface area contributed by atoms with Crippen LogP contribution in [0.1, 0.15) is 22.4 Å². The lowest BCUT2D eigenvalue weighted by atomic mass is 9.70. The highest BCUT2D eigenvalue weighted by Crippen LogP contribution is 2.55. The Labute approximate surface area is 244 Å². The standard InChI is InChI=1S/C39H26N2O/c1-2-16-32-27(11-1)22-24-41-38(32)28-12-9-14-30(25-28)42-31-15-10-13-29(26-31)39(37-21-7-8-23-40-37)35-19-5-3-17-33(35)34-18-4-6-20-36(34)39/h1-26H. The second kappa shape index (κ2) is 9.83. The van der Waals surface area contributed by atoms with E-state index in [1.54, 1.807) is 0 Å². The fourth-order valence-corrected chi connectivity index (χ4v) is 6.54. The van der Waals surface area contributed by atoms with Gasteiger partial charge in [-0.05, 0) is 75.7 Å². The van der Waals surface area contributed by atoms with Crippen LogP contribution in [0.25, 0.3) is 33.2 Å². The molecule has 0 N–H and O–H groups in total. The van der Waals surface area contributed by atoms with Crippen LogP contribution in [0.4, 0.5) is 0 Å². The van der Waals surface area contributed by atoms with Crippen molar-refractivity contribution in [3.05, 3.63) is 180 Å². The van der Waals surface area contributed by atoms with E-state index >= 15 is 0 Å². The number of rotatable bonds is 5. The van der Waals surface area contributed by atoms with Crippen LogP contribution in [0.15, 0.2) is 158 Å². The maximum absolute atomic E-state index is 6.56. The molecule has 0 spiro atoms. The van der Waals surface area contributed by atoms with E-state index in [0.29, 0.717) is 0 Å². The molecule has 2 heterocycles. The molecule has 42 heavy (non-hydrogen) atoms. The zero-order valence-corrected chi connectivity index (χ0v) is 22.8. The van der Waals surface area contributed by atoms with Crippen LogP contribution in [0, 0.1) is 0 Å². The van der Waals surface area contributed by atoms with Crippen LogP contribution in [-0.2, 0) is 5.41 Å². The molecule has 0 bridgehead atoms. The SMILES string of the molecule is c1ccc(C2(c3cccc(Oc4cccc(-c5nccc6ccccc56)c4)c3)c3ccccc3-c3ccccc32)nc1. The van der Waals surface area contributed by atoms with E-state index < -0.39 is 5.41 Å². The Bertz CT molecular complexity index is 2030. The smallest absolute Gasteiger partial charge is 0.128 e. The lowest BCUT2D eigenvalue weighted by Gasteiger charge is -2.32. The van der Waals surface area contributed by atoms with Crippen molar-refractivity contribution in [1.82, 2.24) is 9.97 Å². The first-order valence-corrected chi connectivity index (χ1v) is 14.2. The van der Waals surface area contributed by atoms with Gasteiger partial charge in [-0.25, -0.2) is 0 Å². The highest BCUT2D eigenvalue weighted by Gasteiger charge is 2.47. The first-order valence-electron chi connectivity index (χ1n) is 14.2. The molecule has 3 nitrogen and oxygen atoms in total. The minimum atomic E-state index is -0.567. The fraction of sp³-hybridized carbons (Fsp3) is 0.0256. The molecule has 0 saturated heterocycles. The molecular weight excluding hydrogens is 512 g/mol. The zero-order chi connectivity index (χ0) is 27.9. The van der Waals surface area contributed by atoms with Gasteiger partial charge in [-0.3, -0.25) is 9.97 Å². The van der Waals surface area contributed by atoms with Crippen molar-refractivity contribution in [1.29, 1.82) is 0 Å². The summed E-state index contributed by atoms with van der Waals surface area (Å²) in [4.78, 5) is 9.66. The molecule has 0 fully saturated rings. The molecule has 0 unspecified atom stereocenters. The Morgan fingerprint density at radius 1 is 0.500 bits per heavy atom. The summed E-state index contributed by atoms with van der Waals surface area (Å²) in [6.07, 6.45) is 3.75. The van der Waals surface area contributed by atoms with E-state index in [0.717, 1.165) is 39.4 Å². The topological polar surface area (TPSA) is 35.0 Å². The summed E-state index contributed by atoms with van der Waals surface area (Å²) >= 11 is 0. The molecule has 2 aromatic heterocycles.